The molecule has 0 heterocycles. The summed E-state index contributed by atoms with van der Waals surface area (Å²) in [5, 5.41) is 0.502. The average Bonchev–Trinajstić information content (AvgIpc) is 2.82. The van der Waals surface area contributed by atoms with Crippen LogP contribution >= 0.6 is 36.0 Å². The minimum Gasteiger partial charge on any atom is -1.00 e. The third-order valence-electron chi connectivity index (χ3n) is 3.51. The van der Waals surface area contributed by atoms with Gasteiger partial charge in [-0.3, -0.25) is 0 Å². The van der Waals surface area contributed by atoms with E-state index in [9.17, 15) is 0 Å². The van der Waals surface area contributed by atoms with E-state index in [1.54, 1.807) is 12.1 Å². The molecule has 2 nitrogen and oxygen atoms in total. The summed E-state index contributed by atoms with van der Waals surface area (Å²) < 4.78 is 10.5. The molecule has 0 spiro atoms. The van der Waals surface area contributed by atoms with Gasteiger partial charge in [-0.2, -0.15) is 36.4 Å². The summed E-state index contributed by atoms with van der Waals surface area (Å²) >= 11 is 15.0. The Hall–Kier alpha value is -1.80. The molecule has 0 unspecified atom stereocenters. The molecule has 0 radical (unpaired) electrons. The van der Waals surface area contributed by atoms with Crippen LogP contribution in [0.3, 0.4) is 0 Å². The van der Waals surface area contributed by atoms with Gasteiger partial charge in [-0.05, 0) is 60.3 Å². The van der Waals surface area contributed by atoms with E-state index in [2.05, 4.69) is 18.3 Å². The van der Waals surface area contributed by atoms with E-state index < -0.39 is 0 Å². The minimum absolute atomic E-state index is 0. The van der Waals surface area contributed by atoms with Crippen LogP contribution in [0.2, 0.25) is 0 Å². The zero-order valence-electron chi connectivity index (χ0n) is 17.6. The number of rotatable bonds is 3. The van der Waals surface area contributed by atoms with Crippen LogP contribution in [0.15, 0.2) is 121 Å². The van der Waals surface area contributed by atoms with Crippen LogP contribution in [0.5, 0.6) is 11.5 Å². The van der Waals surface area contributed by atoms with Gasteiger partial charge in [-0.1, -0.05) is 66.7 Å². The molecule has 0 fully saturated rings. The number of benzene rings is 4. The predicted molar refractivity (Wildman–Crippen MR) is 142 cm³/mol. The van der Waals surface area contributed by atoms with Gasteiger partial charge in [-0.15, -0.1) is 0 Å². The van der Waals surface area contributed by atoms with E-state index in [-0.39, 0.29) is 44.5 Å². The van der Waals surface area contributed by atoms with Crippen LogP contribution in [0.4, 0.5) is 0 Å². The molecule has 33 heavy (non-hydrogen) atoms. The Morgan fingerprint density at radius 1 is 0.606 bits per heavy atom. The topological polar surface area (TPSA) is 18.5 Å². The van der Waals surface area contributed by atoms with Crippen molar-refractivity contribution in [1.82, 2.24) is 0 Å². The summed E-state index contributed by atoms with van der Waals surface area (Å²) in [6.45, 7) is 0. The predicted octanol–water partition coefficient (Wildman–Crippen LogP) is 4.14. The summed E-state index contributed by atoms with van der Waals surface area (Å²) in [6, 6.07) is 40.9. The van der Waals surface area contributed by atoms with Crippen molar-refractivity contribution in [3.8, 4) is 11.5 Å². The van der Waals surface area contributed by atoms with Crippen LogP contribution in [-0.4, -0.2) is 32.6 Å². The first-order chi connectivity index (χ1) is 15.1. The van der Waals surface area contributed by atoms with Gasteiger partial charge < -0.3 is 26.5 Å². The summed E-state index contributed by atoms with van der Waals surface area (Å²) in [7, 11) is 0. The molecule has 0 aliphatic heterocycles. The van der Waals surface area contributed by atoms with Crippen LogP contribution < -0.4 is 26.5 Å². The Labute approximate surface area is 237 Å². The van der Waals surface area contributed by atoms with Gasteiger partial charge in [-0.25, -0.2) is 0 Å². The van der Waals surface area contributed by atoms with Gasteiger partial charge in [0.05, 0.1) is 0 Å². The van der Waals surface area contributed by atoms with E-state index in [1.165, 1.54) is 0 Å². The molecule has 4 aromatic carbocycles. The Balaban J connectivity index is 0.000000495. The van der Waals surface area contributed by atoms with Crippen molar-refractivity contribution < 1.29 is 26.5 Å². The first-order valence-electron chi connectivity index (χ1n) is 9.31. The fraction of sp³-hybridized carbons (Fsp3) is 0. The number of ether oxygens (including phenoxy) is 2. The number of hydrogen-bond donors (Lipinski definition) is 0. The first-order valence-corrected chi connectivity index (χ1v) is 10.5. The minimum atomic E-state index is 0. The monoisotopic (exact) mass is 566 g/mol. The number of thiocarbonyl (C=S) groups is 2. The normalized spacial score (nSPS) is 8.52. The summed E-state index contributed by atoms with van der Waals surface area (Å²) in [6.07, 6.45) is 0. The van der Waals surface area contributed by atoms with E-state index in [0.29, 0.717) is 10.8 Å². The molecule has 0 saturated heterocycles. The molecule has 4 rings (SSSR count). The summed E-state index contributed by atoms with van der Waals surface area (Å²) in [4.78, 5) is 0. The molecule has 7 heteroatoms. The quantitative estimate of drug-likeness (QED) is 0.160. The molecule has 0 amide bonds. The summed E-state index contributed by atoms with van der Waals surface area (Å²) in [5.41, 5.74) is 0.927. The zero-order chi connectivity index (χ0) is 22.2. The second-order valence-electron chi connectivity index (χ2n) is 5.80. The summed E-state index contributed by atoms with van der Waals surface area (Å²) in [5.74, 6) is 1.44. The smallest absolute Gasteiger partial charge is 1.00 e. The van der Waals surface area contributed by atoms with Crippen molar-refractivity contribution in [1.29, 1.82) is 0 Å². The van der Waals surface area contributed by atoms with Gasteiger partial charge in [0, 0.05) is 5.56 Å². The molecule has 4 aromatic rings. The van der Waals surface area contributed by atoms with E-state index in [0.717, 1.165) is 11.3 Å². The molecule has 0 bridgehead atoms. The SMILES string of the molecule is S=C(Cl)Oc1ccccc1.S=C(Oc1ccccc1)c1ccccc1.[Br-].[Mg+2].[c-]1ccccc1. The second-order valence-corrected chi connectivity index (χ2v) is 7.11. The van der Waals surface area contributed by atoms with Crippen LogP contribution in [0, 0.1) is 6.07 Å². The zero-order valence-corrected chi connectivity index (χ0v) is 23.0. The van der Waals surface area contributed by atoms with Crippen molar-refractivity contribution >= 4 is 68.6 Å². The maximum Gasteiger partial charge on any atom is 2.00 e. The molecule has 164 valence electrons. The number of halogens is 2. The second kappa shape index (κ2) is 19.6. The maximum atomic E-state index is 5.53. The maximum absolute atomic E-state index is 5.53. The van der Waals surface area contributed by atoms with Crippen LogP contribution in [0.25, 0.3) is 0 Å². The Morgan fingerprint density at radius 2 is 1.00 bits per heavy atom. The van der Waals surface area contributed by atoms with E-state index >= 15 is 0 Å². The molecular formula is C26H20BrClMgO2S2. The van der Waals surface area contributed by atoms with Crippen molar-refractivity contribution in [2.45, 2.75) is 0 Å². The van der Waals surface area contributed by atoms with Crippen molar-refractivity contribution in [2.75, 3.05) is 0 Å². The van der Waals surface area contributed by atoms with Gasteiger partial charge in [0.1, 0.15) is 11.5 Å². The Kier molecular flexibility index (Phi) is 18.6. The van der Waals surface area contributed by atoms with Crippen molar-refractivity contribution in [3.63, 3.8) is 0 Å². The van der Waals surface area contributed by atoms with E-state index in [1.807, 2.05) is 109 Å². The van der Waals surface area contributed by atoms with Gasteiger partial charge >= 0.3 is 23.1 Å². The fourth-order valence-corrected chi connectivity index (χ4v) is 2.57. The standard InChI is InChI=1S/C13H10OS.C7H5ClOS.C6H5.BrH.Mg/c15-13(11-7-3-1-4-8-11)14-12-9-5-2-6-10-12;8-7(10)9-6-4-2-1-3-5-6;1-2-4-6-5-3-1;;/h1-10H;1-5H;1-5H;1H;/q;;-1;;+2/p-1. The van der Waals surface area contributed by atoms with Crippen molar-refractivity contribution in [2.24, 2.45) is 0 Å². The molecule has 0 aliphatic rings. The largest absolute Gasteiger partial charge is 2.00 e. The molecule has 0 saturated carbocycles. The Morgan fingerprint density at radius 3 is 1.36 bits per heavy atom. The van der Waals surface area contributed by atoms with Crippen molar-refractivity contribution in [3.05, 3.63) is 133 Å². The third kappa shape index (κ3) is 14.9. The number of para-hydroxylation sites is 2. The Bertz CT molecular complexity index is 998. The number of hydrogen-bond acceptors (Lipinski definition) is 4. The molecule has 0 aliphatic carbocycles. The van der Waals surface area contributed by atoms with Gasteiger partial charge in [0.15, 0.2) is 5.05 Å². The van der Waals surface area contributed by atoms with Crippen LogP contribution in [0.1, 0.15) is 5.56 Å². The van der Waals surface area contributed by atoms with Gasteiger partial charge in [0.2, 0.25) is 0 Å². The van der Waals surface area contributed by atoms with E-state index in [4.69, 9.17) is 33.3 Å². The molecule has 0 atom stereocenters. The molecule has 0 aromatic heterocycles. The third-order valence-corrected chi connectivity index (χ3v) is 3.99. The molecule has 0 N–H and O–H groups in total. The van der Waals surface area contributed by atoms with Crippen LogP contribution in [-0.2, 0) is 0 Å². The fourth-order valence-electron chi connectivity index (χ4n) is 2.15. The first kappa shape index (κ1) is 31.2. The van der Waals surface area contributed by atoms with Gasteiger partial charge in [0.25, 0.3) is 4.51 Å². The average molecular weight is 568 g/mol. The molecular weight excluding hydrogens is 548 g/mol.